The van der Waals surface area contributed by atoms with Gasteiger partial charge in [0.05, 0.1) is 49.7 Å². The Morgan fingerprint density at radius 2 is 0.944 bits per heavy atom. The number of hydrogen-bond donors (Lipinski definition) is 1. The Bertz CT molecular complexity index is 1910. The molecule has 12 nitrogen and oxygen atoms in total. The summed E-state index contributed by atoms with van der Waals surface area (Å²) in [5.74, 6) is -1.77. The molecule has 0 atom stereocenters. The molecule has 0 fully saturated rings. The minimum absolute atomic E-state index is 0.196. The first-order chi connectivity index (χ1) is 26.2. The van der Waals surface area contributed by atoms with E-state index in [9.17, 15) is 29.1 Å². The Morgan fingerprint density at radius 3 is 1.48 bits per heavy atom. The van der Waals surface area contributed by atoms with E-state index in [1.54, 1.807) is 54.6 Å². The number of ether oxygens (including phenoxy) is 6. The van der Waals surface area contributed by atoms with Gasteiger partial charge in [-0.3, -0.25) is 0 Å². The molecule has 0 radical (unpaired) electrons. The van der Waals surface area contributed by atoms with Crippen molar-refractivity contribution in [2.45, 2.75) is 32.3 Å². The van der Waals surface area contributed by atoms with Crippen LogP contribution in [0.2, 0.25) is 0 Å². The highest BCUT2D eigenvalue weighted by Crippen LogP contribution is 2.25. The van der Waals surface area contributed by atoms with Gasteiger partial charge in [0.2, 0.25) is 0 Å². The average Bonchev–Trinajstić information content (AvgIpc) is 3.20. The SMILES string of the molecule is C=CC(=O)OCCCCOC(=O)c1ccc(-c2ccc(OC(=O)c3ccc(OC(=O)c4ccc(OCCCCOC(=O)C=C)c(CO)c4)cc3)cc2)cc1. The number of aliphatic hydroxyl groups is 1. The summed E-state index contributed by atoms with van der Waals surface area (Å²) in [6, 6.07) is 24.2. The van der Waals surface area contributed by atoms with E-state index in [2.05, 4.69) is 13.2 Å². The van der Waals surface area contributed by atoms with Crippen molar-refractivity contribution in [1.29, 1.82) is 0 Å². The summed E-state index contributed by atoms with van der Waals surface area (Å²) in [5.41, 5.74) is 2.91. The number of carbonyl (C=O) groups is 5. The Morgan fingerprint density at radius 1 is 0.519 bits per heavy atom. The van der Waals surface area contributed by atoms with E-state index in [1.165, 1.54) is 36.4 Å². The van der Waals surface area contributed by atoms with Crippen LogP contribution < -0.4 is 14.2 Å². The third kappa shape index (κ3) is 12.6. The van der Waals surface area contributed by atoms with Gasteiger partial charge in [0.15, 0.2) is 0 Å². The zero-order chi connectivity index (χ0) is 38.7. The van der Waals surface area contributed by atoms with Gasteiger partial charge in [0, 0.05) is 17.7 Å². The van der Waals surface area contributed by atoms with E-state index in [0.29, 0.717) is 54.9 Å². The fourth-order valence-electron chi connectivity index (χ4n) is 4.78. The highest BCUT2D eigenvalue weighted by molar-refractivity contribution is 5.93. The largest absolute Gasteiger partial charge is 0.493 e. The Balaban J connectivity index is 1.22. The molecule has 12 heteroatoms. The van der Waals surface area contributed by atoms with Gasteiger partial charge in [0.25, 0.3) is 0 Å². The van der Waals surface area contributed by atoms with Gasteiger partial charge in [-0.2, -0.15) is 0 Å². The maximum atomic E-state index is 12.8. The molecule has 0 spiro atoms. The first-order valence-electron chi connectivity index (χ1n) is 17.1. The van der Waals surface area contributed by atoms with Gasteiger partial charge < -0.3 is 33.5 Å². The molecule has 4 aromatic rings. The monoisotopic (exact) mass is 736 g/mol. The molecule has 0 aliphatic carbocycles. The molecule has 0 aliphatic heterocycles. The van der Waals surface area contributed by atoms with E-state index in [1.807, 2.05) is 0 Å². The highest BCUT2D eigenvalue weighted by Gasteiger charge is 2.15. The lowest BCUT2D eigenvalue weighted by atomic mass is 10.0. The van der Waals surface area contributed by atoms with Gasteiger partial charge in [-0.25, -0.2) is 24.0 Å². The van der Waals surface area contributed by atoms with Crippen LogP contribution in [0.25, 0.3) is 11.1 Å². The summed E-state index contributed by atoms with van der Waals surface area (Å²) in [6.45, 7) is 7.30. The molecule has 0 heterocycles. The molecule has 280 valence electrons. The molecule has 0 bridgehead atoms. The van der Waals surface area contributed by atoms with E-state index in [-0.39, 0.29) is 43.3 Å². The van der Waals surface area contributed by atoms with Gasteiger partial charge in [0.1, 0.15) is 17.2 Å². The predicted octanol–water partition coefficient (Wildman–Crippen LogP) is 6.84. The summed E-state index contributed by atoms with van der Waals surface area (Å²) < 4.78 is 31.8. The zero-order valence-corrected chi connectivity index (χ0v) is 29.5. The lowest BCUT2D eigenvalue weighted by molar-refractivity contribution is -0.138. The summed E-state index contributed by atoms with van der Waals surface area (Å²) in [6.07, 6.45) is 4.50. The first-order valence-corrected chi connectivity index (χ1v) is 17.1. The van der Waals surface area contributed by atoms with Crippen molar-refractivity contribution in [2.24, 2.45) is 0 Å². The molecule has 1 N–H and O–H groups in total. The van der Waals surface area contributed by atoms with Crippen LogP contribution in [0.1, 0.15) is 62.3 Å². The Labute approximate surface area is 312 Å². The van der Waals surface area contributed by atoms with Crippen molar-refractivity contribution in [1.82, 2.24) is 0 Å². The normalized spacial score (nSPS) is 10.4. The van der Waals surface area contributed by atoms with Crippen LogP contribution in [0.4, 0.5) is 0 Å². The van der Waals surface area contributed by atoms with E-state index >= 15 is 0 Å². The van der Waals surface area contributed by atoms with Gasteiger partial charge in [-0.05, 0) is 104 Å². The topological polar surface area (TPSA) is 161 Å². The van der Waals surface area contributed by atoms with Crippen molar-refractivity contribution in [3.8, 4) is 28.4 Å². The Kier molecular flexibility index (Phi) is 15.7. The number of unbranched alkanes of at least 4 members (excludes halogenated alkanes) is 2. The van der Waals surface area contributed by atoms with Crippen molar-refractivity contribution in [3.63, 3.8) is 0 Å². The summed E-state index contributed by atoms with van der Waals surface area (Å²) in [5, 5.41) is 9.81. The molecule has 0 saturated carbocycles. The van der Waals surface area contributed by atoms with Gasteiger partial charge in [-0.1, -0.05) is 37.4 Å². The van der Waals surface area contributed by atoms with Crippen molar-refractivity contribution >= 4 is 29.8 Å². The smallest absolute Gasteiger partial charge is 0.343 e. The lowest BCUT2D eigenvalue weighted by Gasteiger charge is -2.12. The molecule has 4 rings (SSSR count). The van der Waals surface area contributed by atoms with Crippen molar-refractivity contribution in [3.05, 3.63) is 139 Å². The molecule has 0 amide bonds. The average molecular weight is 737 g/mol. The number of rotatable bonds is 20. The molecular formula is C42H40O12. The quantitative estimate of drug-likeness (QED) is 0.0331. The Hall–Kier alpha value is -6.53. The van der Waals surface area contributed by atoms with Crippen LogP contribution in [-0.4, -0.2) is 61.4 Å². The van der Waals surface area contributed by atoms with Gasteiger partial charge >= 0.3 is 29.8 Å². The minimum atomic E-state index is -0.664. The third-order valence-electron chi connectivity index (χ3n) is 7.68. The number of carbonyl (C=O) groups excluding carboxylic acids is 5. The summed E-state index contributed by atoms with van der Waals surface area (Å²) in [4.78, 5) is 60.1. The maximum absolute atomic E-state index is 12.8. The number of aliphatic hydroxyl groups excluding tert-OH is 1. The predicted molar refractivity (Wildman–Crippen MR) is 197 cm³/mol. The van der Waals surface area contributed by atoms with Crippen LogP contribution in [0.5, 0.6) is 17.2 Å². The van der Waals surface area contributed by atoms with E-state index in [4.69, 9.17) is 28.4 Å². The molecule has 0 aliphatic rings. The van der Waals surface area contributed by atoms with Crippen LogP contribution >= 0.6 is 0 Å². The molecule has 4 aromatic carbocycles. The summed E-state index contributed by atoms with van der Waals surface area (Å²) in [7, 11) is 0. The number of hydrogen-bond acceptors (Lipinski definition) is 12. The van der Waals surface area contributed by atoms with Crippen molar-refractivity contribution in [2.75, 3.05) is 26.4 Å². The second kappa shape index (κ2) is 21.1. The van der Waals surface area contributed by atoms with Crippen LogP contribution in [0.15, 0.2) is 116 Å². The fraction of sp³-hybridized carbons (Fsp3) is 0.214. The fourth-order valence-corrected chi connectivity index (χ4v) is 4.78. The van der Waals surface area contributed by atoms with Gasteiger partial charge in [-0.15, -0.1) is 0 Å². The molecule has 54 heavy (non-hydrogen) atoms. The van der Waals surface area contributed by atoms with E-state index < -0.39 is 29.8 Å². The first kappa shape index (κ1) is 40.2. The van der Waals surface area contributed by atoms with E-state index in [0.717, 1.165) is 23.3 Å². The summed E-state index contributed by atoms with van der Waals surface area (Å²) >= 11 is 0. The van der Waals surface area contributed by atoms with Crippen LogP contribution in [-0.2, 0) is 30.4 Å². The third-order valence-corrected chi connectivity index (χ3v) is 7.68. The number of esters is 5. The lowest BCUT2D eigenvalue weighted by Crippen LogP contribution is -2.11. The zero-order valence-electron chi connectivity index (χ0n) is 29.5. The maximum Gasteiger partial charge on any atom is 0.343 e. The number of benzene rings is 4. The van der Waals surface area contributed by atoms with Crippen LogP contribution in [0.3, 0.4) is 0 Å². The van der Waals surface area contributed by atoms with Crippen molar-refractivity contribution < 1.29 is 57.5 Å². The molecule has 0 aromatic heterocycles. The standard InChI is InChI=1S/C42H40O12/c1-3-38(44)50-24-6-5-23-49-37-22-17-33(27-34(37)28-43)42(48)54-36-20-15-32(16-21-36)41(47)53-35-18-13-30(14-19-35)29-9-11-31(12-10-29)40(46)52-26-8-7-25-51-39(45)4-2/h3-4,9-22,27,43H,1-2,5-8,23-26,28H2. The molecule has 0 saturated heterocycles. The van der Waals surface area contributed by atoms with Crippen LogP contribution in [0, 0.1) is 0 Å². The second-order valence-electron chi connectivity index (χ2n) is 11.5. The second-order valence-corrected chi connectivity index (χ2v) is 11.5. The highest BCUT2D eigenvalue weighted by atomic mass is 16.5. The minimum Gasteiger partial charge on any atom is -0.493 e. The molecular weight excluding hydrogens is 696 g/mol. The molecule has 0 unspecified atom stereocenters.